The van der Waals surface area contributed by atoms with E-state index in [1.54, 1.807) is 11.7 Å². The second kappa shape index (κ2) is 8.64. The normalized spacial score (nSPS) is 8.78. The molecule has 2 rings (SSSR count). The Balaban J connectivity index is 0.000000659. The monoisotopic (exact) mass is 266 g/mol. The Morgan fingerprint density at radius 2 is 1.67 bits per heavy atom. The van der Waals surface area contributed by atoms with Gasteiger partial charge in [-0.05, 0) is 12.1 Å². The van der Waals surface area contributed by atoms with Gasteiger partial charge in [0.1, 0.15) is 4.64 Å². The third-order valence-electron chi connectivity index (χ3n) is 2.12. The van der Waals surface area contributed by atoms with Crippen LogP contribution in [-0.4, -0.2) is 16.7 Å². The highest BCUT2D eigenvalue weighted by Gasteiger charge is 2.03. The summed E-state index contributed by atoms with van der Waals surface area (Å²) in [6, 6.07) is 8.31. The first kappa shape index (κ1) is 16.6. The molecular formula is C14H22N2OS. The molecule has 0 spiro atoms. The van der Waals surface area contributed by atoms with Gasteiger partial charge in [-0.2, -0.15) is 4.98 Å². The summed E-state index contributed by atoms with van der Waals surface area (Å²) in [6.45, 7) is 8.00. The van der Waals surface area contributed by atoms with Crippen molar-refractivity contribution in [3.8, 4) is 6.01 Å². The van der Waals surface area contributed by atoms with Crippen LogP contribution in [-0.2, 0) is 7.05 Å². The van der Waals surface area contributed by atoms with Crippen LogP contribution in [0.5, 0.6) is 6.01 Å². The van der Waals surface area contributed by atoms with Gasteiger partial charge in [0.05, 0.1) is 12.6 Å². The Morgan fingerprint density at radius 1 is 1.11 bits per heavy atom. The van der Waals surface area contributed by atoms with Crippen molar-refractivity contribution >= 4 is 23.1 Å². The highest BCUT2D eigenvalue weighted by molar-refractivity contribution is 7.71. The molecule has 0 fully saturated rings. The van der Waals surface area contributed by atoms with E-state index < -0.39 is 0 Å². The summed E-state index contributed by atoms with van der Waals surface area (Å²) in [7, 11) is 3.44. The number of hydrogen-bond acceptors (Lipinski definition) is 3. The van der Waals surface area contributed by atoms with Gasteiger partial charge in [-0.25, -0.2) is 0 Å². The van der Waals surface area contributed by atoms with E-state index in [-0.39, 0.29) is 0 Å². The Labute approximate surface area is 114 Å². The zero-order valence-electron chi connectivity index (χ0n) is 12.0. The summed E-state index contributed by atoms with van der Waals surface area (Å²) in [5, 5.41) is 0.978. The molecule has 0 saturated carbocycles. The maximum absolute atomic E-state index is 5.29. The van der Waals surface area contributed by atoms with E-state index in [1.165, 1.54) is 0 Å². The van der Waals surface area contributed by atoms with Gasteiger partial charge < -0.3 is 4.74 Å². The Bertz CT molecular complexity index is 535. The summed E-state index contributed by atoms with van der Waals surface area (Å²) in [5.41, 5.74) is 0.868. The highest BCUT2D eigenvalue weighted by Crippen LogP contribution is 2.17. The maximum Gasteiger partial charge on any atom is 0.297 e. The Kier molecular flexibility index (Phi) is 7.96. The largest absolute Gasteiger partial charge is 0.468 e. The van der Waals surface area contributed by atoms with Gasteiger partial charge in [-0.3, -0.25) is 4.57 Å². The molecule has 2 aromatic rings. The summed E-state index contributed by atoms with van der Waals surface area (Å²) >= 11 is 5.29. The number of benzene rings is 1. The van der Waals surface area contributed by atoms with Crippen LogP contribution in [0.4, 0.5) is 0 Å². The summed E-state index contributed by atoms with van der Waals surface area (Å²) in [4.78, 5) is 4.33. The van der Waals surface area contributed by atoms with Crippen LogP contribution in [0.25, 0.3) is 10.9 Å². The van der Waals surface area contributed by atoms with E-state index in [2.05, 4.69) is 4.98 Å². The molecule has 0 radical (unpaired) electrons. The number of nitrogens with zero attached hydrogens (tertiary/aromatic N) is 2. The first-order valence-corrected chi connectivity index (χ1v) is 6.64. The molecule has 1 aromatic carbocycles. The quantitative estimate of drug-likeness (QED) is 0.717. The van der Waals surface area contributed by atoms with Gasteiger partial charge in [0, 0.05) is 12.4 Å². The van der Waals surface area contributed by atoms with Crippen molar-refractivity contribution in [1.82, 2.24) is 9.55 Å². The van der Waals surface area contributed by atoms with Gasteiger partial charge in [0.25, 0.3) is 6.01 Å². The van der Waals surface area contributed by atoms with Crippen LogP contribution < -0.4 is 4.74 Å². The Morgan fingerprint density at radius 3 is 2.22 bits per heavy atom. The van der Waals surface area contributed by atoms with E-state index >= 15 is 0 Å². The third-order valence-corrected chi connectivity index (χ3v) is 2.62. The molecule has 0 N–H and O–H groups in total. The second-order valence-corrected chi connectivity index (χ2v) is 3.37. The molecule has 0 unspecified atom stereocenters. The molecule has 0 aliphatic carbocycles. The minimum absolute atomic E-state index is 0.536. The predicted octanol–water partition coefficient (Wildman–Crippen LogP) is 4.36. The summed E-state index contributed by atoms with van der Waals surface area (Å²) in [5.74, 6) is 0. The van der Waals surface area contributed by atoms with Crippen LogP contribution in [0.1, 0.15) is 27.7 Å². The molecule has 0 saturated heterocycles. The van der Waals surface area contributed by atoms with E-state index in [0.29, 0.717) is 6.01 Å². The fourth-order valence-corrected chi connectivity index (χ4v) is 1.63. The lowest BCUT2D eigenvalue weighted by Gasteiger charge is -2.07. The number of rotatable bonds is 1. The summed E-state index contributed by atoms with van der Waals surface area (Å²) in [6.07, 6.45) is 0. The SMILES string of the molecule is CC.CC.COc1nc2ccccc2c(=S)n1C. The van der Waals surface area contributed by atoms with Crippen LogP contribution in [0, 0.1) is 4.64 Å². The minimum atomic E-state index is 0.536. The zero-order valence-corrected chi connectivity index (χ0v) is 12.8. The molecule has 1 heterocycles. The number of hydrogen-bond donors (Lipinski definition) is 0. The minimum Gasteiger partial charge on any atom is -0.468 e. The average molecular weight is 266 g/mol. The molecule has 0 aliphatic rings. The van der Waals surface area contributed by atoms with Crippen molar-refractivity contribution in [2.75, 3.05) is 7.11 Å². The van der Waals surface area contributed by atoms with Crippen molar-refractivity contribution in [3.63, 3.8) is 0 Å². The highest BCUT2D eigenvalue weighted by atomic mass is 32.1. The van der Waals surface area contributed by atoms with Crippen LogP contribution in [0.3, 0.4) is 0 Å². The lowest BCUT2D eigenvalue weighted by Crippen LogP contribution is -2.02. The van der Waals surface area contributed by atoms with Crippen molar-refractivity contribution in [2.45, 2.75) is 27.7 Å². The molecule has 0 amide bonds. The summed E-state index contributed by atoms with van der Waals surface area (Å²) < 4.78 is 7.62. The van der Waals surface area contributed by atoms with Crippen LogP contribution >= 0.6 is 12.2 Å². The van der Waals surface area contributed by atoms with Gasteiger partial charge in [-0.15, -0.1) is 0 Å². The number of methoxy groups -OCH3 is 1. The van der Waals surface area contributed by atoms with Gasteiger partial charge in [0.15, 0.2) is 0 Å². The topological polar surface area (TPSA) is 27.1 Å². The molecular weight excluding hydrogens is 244 g/mol. The van der Waals surface area contributed by atoms with Gasteiger partial charge >= 0.3 is 0 Å². The number of fused-ring (bicyclic) bond motifs is 1. The van der Waals surface area contributed by atoms with E-state index in [1.807, 2.05) is 59.0 Å². The van der Waals surface area contributed by atoms with Crippen LogP contribution in [0.15, 0.2) is 24.3 Å². The number of ether oxygens (including phenoxy) is 1. The number of aromatic nitrogens is 2. The van der Waals surface area contributed by atoms with Crippen molar-refractivity contribution in [1.29, 1.82) is 0 Å². The maximum atomic E-state index is 5.29. The average Bonchev–Trinajstić information content (AvgIpc) is 2.47. The standard InChI is InChI=1S/C10H10N2OS.2C2H6/c1-12-9(14)7-5-3-4-6-8(7)11-10(12)13-2;2*1-2/h3-6H,1-2H3;2*1-2H3. The molecule has 3 nitrogen and oxygen atoms in total. The molecule has 100 valence electrons. The van der Waals surface area contributed by atoms with Gasteiger partial charge in [-0.1, -0.05) is 52.0 Å². The van der Waals surface area contributed by atoms with Crippen molar-refractivity contribution < 1.29 is 4.74 Å². The predicted molar refractivity (Wildman–Crippen MR) is 80.8 cm³/mol. The van der Waals surface area contributed by atoms with E-state index in [4.69, 9.17) is 17.0 Å². The Hall–Kier alpha value is -1.42. The molecule has 4 heteroatoms. The molecule has 0 atom stereocenters. The lowest BCUT2D eigenvalue weighted by atomic mass is 10.2. The van der Waals surface area contributed by atoms with E-state index in [0.717, 1.165) is 15.5 Å². The second-order valence-electron chi connectivity index (χ2n) is 2.98. The smallest absolute Gasteiger partial charge is 0.297 e. The third kappa shape index (κ3) is 3.53. The van der Waals surface area contributed by atoms with Gasteiger partial charge in [0.2, 0.25) is 0 Å². The molecule has 0 bridgehead atoms. The zero-order chi connectivity index (χ0) is 14.1. The van der Waals surface area contributed by atoms with E-state index in [9.17, 15) is 0 Å². The fourth-order valence-electron chi connectivity index (χ4n) is 1.38. The first-order chi connectivity index (χ1) is 8.74. The fraction of sp³-hybridized carbons (Fsp3) is 0.429. The lowest BCUT2D eigenvalue weighted by molar-refractivity contribution is 0.361. The molecule has 18 heavy (non-hydrogen) atoms. The van der Waals surface area contributed by atoms with Crippen LogP contribution in [0.2, 0.25) is 0 Å². The number of para-hydroxylation sites is 1. The molecule has 1 aromatic heterocycles. The van der Waals surface area contributed by atoms with Crippen molar-refractivity contribution in [2.24, 2.45) is 7.05 Å². The first-order valence-electron chi connectivity index (χ1n) is 6.24. The molecule has 0 aliphatic heterocycles. The van der Waals surface area contributed by atoms with Crippen molar-refractivity contribution in [3.05, 3.63) is 28.9 Å².